The van der Waals surface area contributed by atoms with E-state index in [-0.39, 0.29) is 9.92 Å². The van der Waals surface area contributed by atoms with Crippen molar-refractivity contribution in [3.8, 4) is 0 Å². The Bertz CT molecular complexity index is 601. The van der Waals surface area contributed by atoms with Gasteiger partial charge in [0, 0.05) is 19.6 Å². The van der Waals surface area contributed by atoms with E-state index in [4.69, 9.17) is 11.6 Å². The van der Waals surface area contributed by atoms with Gasteiger partial charge in [-0.2, -0.15) is 4.31 Å². The van der Waals surface area contributed by atoms with Gasteiger partial charge in [0.05, 0.1) is 9.92 Å². The maximum Gasteiger partial charge on any atom is 0.243 e. The first-order valence-electron chi connectivity index (χ1n) is 7.15. The van der Waals surface area contributed by atoms with Gasteiger partial charge < -0.3 is 5.32 Å². The molecule has 0 radical (unpaired) electrons. The van der Waals surface area contributed by atoms with Crippen molar-refractivity contribution in [2.45, 2.75) is 37.6 Å². The third-order valence-corrected chi connectivity index (χ3v) is 5.82. The second-order valence-electron chi connectivity index (χ2n) is 5.17. The van der Waals surface area contributed by atoms with Gasteiger partial charge in [0.25, 0.3) is 0 Å². The van der Waals surface area contributed by atoms with E-state index in [0.717, 1.165) is 31.9 Å². The number of sulfonamides is 1. The zero-order valence-corrected chi connectivity index (χ0v) is 13.6. The SMILES string of the molecule is CCCNCc1cc(S(=O)(=O)N2CCCC2)cc(F)c1Cl. The smallest absolute Gasteiger partial charge is 0.243 e. The molecule has 0 bridgehead atoms. The van der Waals surface area contributed by atoms with Crippen molar-refractivity contribution < 1.29 is 12.8 Å². The maximum atomic E-state index is 13.9. The fraction of sp³-hybridized carbons (Fsp3) is 0.571. The lowest BCUT2D eigenvalue weighted by Crippen LogP contribution is -2.28. The average molecular weight is 335 g/mol. The quantitative estimate of drug-likeness (QED) is 0.814. The van der Waals surface area contributed by atoms with Crippen LogP contribution in [0.25, 0.3) is 0 Å². The third-order valence-electron chi connectivity index (χ3n) is 3.52. The van der Waals surface area contributed by atoms with Gasteiger partial charge in [0.2, 0.25) is 10.0 Å². The van der Waals surface area contributed by atoms with Gasteiger partial charge in [-0.1, -0.05) is 18.5 Å². The maximum absolute atomic E-state index is 13.9. The summed E-state index contributed by atoms with van der Waals surface area (Å²) >= 11 is 5.93. The van der Waals surface area contributed by atoms with E-state index in [1.807, 2.05) is 6.92 Å². The highest BCUT2D eigenvalue weighted by atomic mass is 35.5. The zero-order valence-electron chi connectivity index (χ0n) is 12.0. The van der Waals surface area contributed by atoms with Gasteiger partial charge in [-0.05, 0) is 43.5 Å². The second kappa shape index (κ2) is 7.05. The van der Waals surface area contributed by atoms with Crippen LogP contribution >= 0.6 is 11.6 Å². The van der Waals surface area contributed by atoms with Gasteiger partial charge in [-0.25, -0.2) is 12.8 Å². The van der Waals surface area contributed by atoms with Gasteiger partial charge >= 0.3 is 0 Å². The van der Waals surface area contributed by atoms with E-state index in [1.165, 1.54) is 10.4 Å². The van der Waals surface area contributed by atoms with E-state index < -0.39 is 15.8 Å². The summed E-state index contributed by atoms with van der Waals surface area (Å²) < 4.78 is 40.3. The predicted octanol–water partition coefficient (Wildman–Crippen LogP) is 2.76. The molecule has 2 rings (SSSR count). The summed E-state index contributed by atoms with van der Waals surface area (Å²) in [6.07, 6.45) is 2.63. The summed E-state index contributed by atoms with van der Waals surface area (Å²) in [5.74, 6) is -0.690. The normalized spacial score (nSPS) is 16.5. The van der Waals surface area contributed by atoms with Crippen LogP contribution in [0.4, 0.5) is 4.39 Å². The first-order valence-corrected chi connectivity index (χ1v) is 8.97. The number of halogens is 2. The molecule has 0 unspecified atom stereocenters. The molecule has 7 heteroatoms. The third kappa shape index (κ3) is 3.74. The average Bonchev–Trinajstić information content (AvgIpc) is 2.98. The lowest BCUT2D eigenvalue weighted by Gasteiger charge is -2.17. The van der Waals surface area contributed by atoms with Crippen LogP contribution in [0.1, 0.15) is 31.7 Å². The molecule has 0 atom stereocenters. The summed E-state index contributed by atoms with van der Waals surface area (Å²) in [7, 11) is -3.62. The Labute approximate surface area is 130 Å². The van der Waals surface area contributed by atoms with Crippen LogP contribution < -0.4 is 5.32 Å². The minimum Gasteiger partial charge on any atom is -0.313 e. The predicted molar refractivity (Wildman–Crippen MR) is 81.4 cm³/mol. The molecule has 0 saturated carbocycles. The summed E-state index contributed by atoms with van der Waals surface area (Å²) in [4.78, 5) is -0.0143. The summed E-state index contributed by atoms with van der Waals surface area (Å²) in [6.45, 7) is 4.13. The first kappa shape index (κ1) is 16.7. The number of hydrogen-bond acceptors (Lipinski definition) is 3. The molecule has 0 aliphatic carbocycles. The monoisotopic (exact) mass is 334 g/mol. The van der Waals surface area contributed by atoms with Crippen LogP contribution in [0.15, 0.2) is 17.0 Å². The molecule has 1 aliphatic heterocycles. The van der Waals surface area contributed by atoms with Crippen LogP contribution in [0, 0.1) is 5.82 Å². The minimum atomic E-state index is -3.62. The fourth-order valence-electron chi connectivity index (χ4n) is 2.37. The summed E-state index contributed by atoms with van der Waals surface area (Å²) in [5.41, 5.74) is 0.475. The molecular weight excluding hydrogens is 315 g/mol. The molecule has 21 heavy (non-hydrogen) atoms. The van der Waals surface area contributed by atoms with Crippen LogP contribution in [0.5, 0.6) is 0 Å². The molecule has 1 heterocycles. The fourth-order valence-corrected chi connectivity index (χ4v) is 4.13. The number of rotatable bonds is 6. The zero-order chi connectivity index (χ0) is 15.5. The Kier molecular flexibility index (Phi) is 5.60. The lowest BCUT2D eigenvalue weighted by atomic mass is 10.2. The Morgan fingerprint density at radius 1 is 1.33 bits per heavy atom. The van der Waals surface area contributed by atoms with Crippen molar-refractivity contribution in [1.29, 1.82) is 0 Å². The number of hydrogen-bond donors (Lipinski definition) is 1. The van der Waals surface area contributed by atoms with Gasteiger partial charge in [0.1, 0.15) is 5.82 Å². The molecule has 1 fully saturated rings. The Morgan fingerprint density at radius 3 is 2.62 bits per heavy atom. The lowest BCUT2D eigenvalue weighted by molar-refractivity contribution is 0.476. The van der Waals surface area contributed by atoms with Gasteiger partial charge in [-0.15, -0.1) is 0 Å². The van der Waals surface area contributed by atoms with E-state index >= 15 is 0 Å². The summed E-state index contributed by atoms with van der Waals surface area (Å²) in [5, 5.41) is 3.09. The van der Waals surface area contributed by atoms with Gasteiger partial charge in [0.15, 0.2) is 0 Å². The largest absolute Gasteiger partial charge is 0.313 e. The Hall–Kier alpha value is -0.690. The molecule has 0 spiro atoms. The molecule has 0 amide bonds. The van der Waals surface area contributed by atoms with Crippen molar-refractivity contribution in [1.82, 2.24) is 9.62 Å². The Morgan fingerprint density at radius 2 is 2.00 bits per heavy atom. The van der Waals surface area contributed by atoms with E-state index in [0.29, 0.717) is 25.2 Å². The number of nitrogens with one attached hydrogen (secondary N) is 1. The number of benzene rings is 1. The highest BCUT2D eigenvalue weighted by Gasteiger charge is 2.28. The molecule has 0 aromatic heterocycles. The second-order valence-corrected chi connectivity index (χ2v) is 7.48. The van der Waals surface area contributed by atoms with Crippen LogP contribution in [-0.4, -0.2) is 32.4 Å². The Balaban J connectivity index is 2.31. The molecule has 1 saturated heterocycles. The van der Waals surface area contributed by atoms with Crippen LogP contribution in [0.3, 0.4) is 0 Å². The topological polar surface area (TPSA) is 49.4 Å². The van der Waals surface area contributed by atoms with E-state index in [1.54, 1.807) is 0 Å². The summed E-state index contributed by atoms with van der Waals surface area (Å²) in [6, 6.07) is 2.49. The highest BCUT2D eigenvalue weighted by Crippen LogP contribution is 2.27. The van der Waals surface area contributed by atoms with Crippen molar-refractivity contribution >= 4 is 21.6 Å². The van der Waals surface area contributed by atoms with Crippen LogP contribution in [0.2, 0.25) is 5.02 Å². The number of nitrogens with zero attached hydrogens (tertiary/aromatic N) is 1. The molecule has 4 nitrogen and oxygen atoms in total. The van der Waals surface area contributed by atoms with Crippen molar-refractivity contribution in [3.05, 3.63) is 28.5 Å². The first-order chi connectivity index (χ1) is 9.96. The minimum absolute atomic E-state index is 0.0143. The van der Waals surface area contributed by atoms with Gasteiger partial charge in [-0.3, -0.25) is 0 Å². The molecule has 1 aromatic carbocycles. The van der Waals surface area contributed by atoms with Crippen LogP contribution in [-0.2, 0) is 16.6 Å². The standard InChI is InChI=1S/C14H20ClFN2O2S/c1-2-5-17-10-11-8-12(9-13(16)14(11)15)21(19,20)18-6-3-4-7-18/h8-9,17H,2-7,10H2,1H3. The molecule has 1 aliphatic rings. The molecule has 1 N–H and O–H groups in total. The van der Waals surface area contributed by atoms with E-state index in [2.05, 4.69) is 5.32 Å². The molecular formula is C14H20ClFN2O2S. The van der Waals surface area contributed by atoms with Crippen molar-refractivity contribution in [3.63, 3.8) is 0 Å². The highest BCUT2D eigenvalue weighted by molar-refractivity contribution is 7.89. The van der Waals surface area contributed by atoms with Crippen molar-refractivity contribution in [2.24, 2.45) is 0 Å². The molecule has 118 valence electrons. The van der Waals surface area contributed by atoms with Crippen molar-refractivity contribution in [2.75, 3.05) is 19.6 Å². The van der Waals surface area contributed by atoms with E-state index in [9.17, 15) is 12.8 Å². The molecule has 1 aromatic rings.